The van der Waals surface area contributed by atoms with Crippen molar-refractivity contribution in [3.63, 3.8) is 0 Å². The van der Waals surface area contributed by atoms with E-state index < -0.39 is 10.8 Å². The first-order valence-electron chi connectivity index (χ1n) is 7.93. The van der Waals surface area contributed by atoms with Crippen LogP contribution >= 0.6 is 0 Å². The summed E-state index contributed by atoms with van der Waals surface area (Å²) < 4.78 is 18.0. The zero-order valence-electron chi connectivity index (χ0n) is 13.3. The van der Waals surface area contributed by atoms with E-state index in [-0.39, 0.29) is 23.8 Å². The summed E-state index contributed by atoms with van der Waals surface area (Å²) in [6.45, 7) is 3.92. The van der Waals surface area contributed by atoms with Crippen molar-refractivity contribution in [2.75, 3.05) is 5.75 Å². The van der Waals surface area contributed by atoms with Gasteiger partial charge in [0.15, 0.2) is 0 Å². The van der Waals surface area contributed by atoms with Crippen LogP contribution in [-0.4, -0.2) is 28.0 Å². The van der Waals surface area contributed by atoms with Gasteiger partial charge in [-0.25, -0.2) is 0 Å². The lowest BCUT2D eigenvalue weighted by atomic mass is 10.2. The highest BCUT2D eigenvalue weighted by Crippen LogP contribution is 2.21. The molecule has 122 valence electrons. The first kappa shape index (κ1) is 17.0. The average Bonchev–Trinajstić information content (AvgIpc) is 2.93. The fourth-order valence-electron chi connectivity index (χ4n) is 2.70. The first-order valence-corrected chi connectivity index (χ1v) is 9.42. The minimum Gasteiger partial charge on any atom is -0.491 e. The van der Waals surface area contributed by atoms with Gasteiger partial charge in [0, 0.05) is 22.4 Å². The van der Waals surface area contributed by atoms with Gasteiger partial charge in [-0.2, -0.15) is 0 Å². The molecule has 0 saturated heterocycles. The number of carbonyl (C=O) groups excluding carboxylic acids is 1. The lowest BCUT2D eigenvalue weighted by Gasteiger charge is -2.14. The van der Waals surface area contributed by atoms with E-state index in [0.29, 0.717) is 5.75 Å². The molecular weight excluding hydrogens is 298 g/mol. The van der Waals surface area contributed by atoms with E-state index in [1.807, 2.05) is 38.1 Å². The topological polar surface area (TPSA) is 55.4 Å². The third kappa shape index (κ3) is 5.44. The lowest BCUT2D eigenvalue weighted by molar-refractivity contribution is -0.119. The molecule has 0 spiro atoms. The van der Waals surface area contributed by atoms with Crippen molar-refractivity contribution in [3.05, 3.63) is 29.8 Å². The minimum atomic E-state index is -1.22. The molecular formula is C17H25NO3S. The van der Waals surface area contributed by atoms with E-state index in [4.69, 9.17) is 4.74 Å². The largest absolute Gasteiger partial charge is 0.491 e. The predicted molar refractivity (Wildman–Crippen MR) is 89.3 cm³/mol. The third-order valence-corrected chi connectivity index (χ3v) is 4.88. The molecule has 0 bridgehead atoms. The van der Waals surface area contributed by atoms with Crippen molar-refractivity contribution < 1.29 is 13.7 Å². The fourth-order valence-corrected chi connectivity index (χ4v) is 3.77. The summed E-state index contributed by atoms with van der Waals surface area (Å²) in [5, 5.41) is 2.98. The van der Waals surface area contributed by atoms with E-state index in [2.05, 4.69) is 5.32 Å². The second-order valence-corrected chi connectivity index (χ2v) is 7.51. The second-order valence-electron chi connectivity index (χ2n) is 6.05. The summed E-state index contributed by atoms with van der Waals surface area (Å²) in [5.74, 6) is 1.06. The molecule has 1 fully saturated rings. The molecule has 1 aliphatic carbocycles. The average molecular weight is 323 g/mol. The zero-order chi connectivity index (χ0) is 15.9. The summed E-state index contributed by atoms with van der Waals surface area (Å²) in [5.41, 5.74) is 0.892. The van der Waals surface area contributed by atoms with Crippen molar-refractivity contribution in [2.45, 2.75) is 57.4 Å². The molecule has 0 radical (unpaired) electrons. The van der Waals surface area contributed by atoms with Crippen LogP contribution in [0.1, 0.15) is 45.1 Å². The molecule has 22 heavy (non-hydrogen) atoms. The van der Waals surface area contributed by atoms with Gasteiger partial charge in [0.05, 0.1) is 11.9 Å². The van der Waals surface area contributed by atoms with Gasteiger partial charge >= 0.3 is 0 Å². The Morgan fingerprint density at radius 2 is 2.00 bits per heavy atom. The van der Waals surface area contributed by atoms with Gasteiger partial charge in [-0.05, 0) is 32.8 Å². The van der Waals surface area contributed by atoms with E-state index >= 15 is 0 Å². The van der Waals surface area contributed by atoms with Crippen LogP contribution in [0.15, 0.2) is 24.3 Å². The van der Waals surface area contributed by atoms with Gasteiger partial charge in [0.25, 0.3) is 0 Å². The molecule has 1 aromatic carbocycles. The van der Waals surface area contributed by atoms with E-state index in [0.717, 1.165) is 24.2 Å². The van der Waals surface area contributed by atoms with Crippen molar-refractivity contribution in [2.24, 2.45) is 0 Å². The van der Waals surface area contributed by atoms with Crippen LogP contribution in [0.2, 0.25) is 0 Å². The molecule has 1 amide bonds. The van der Waals surface area contributed by atoms with Crippen LogP contribution in [0.25, 0.3) is 0 Å². The smallest absolute Gasteiger partial charge is 0.232 e. The molecule has 1 saturated carbocycles. The zero-order valence-corrected chi connectivity index (χ0v) is 14.2. The first-order chi connectivity index (χ1) is 10.5. The van der Waals surface area contributed by atoms with E-state index in [1.165, 1.54) is 12.8 Å². The number of nitrogens with one attached hydrogen (secondary N) is 1. The number of amides is 1. The van der Waals surface area contributed by atoms with Crippen LogP contribution in [-0.2, 0) is 21.3 Å². The molecule has 1 aliphatic rings. The molecule has 0 aromatic heterocycles. The highest BCUT2D eigenvalue weighted by molar-refractivity contribution is 7.84. The maximum Gasteiger partial charge on any atom is 0.232 e. The van der Waals surface area contributed by atoms with Crippen LogP contribution in [0, 0.1) is 0 Å². The maximum atomic E-state index is 12.2. The highest BCUT2D eigenvalue weighted by Gasteiger charge is 2.18. The number of hydrogen-bond donors (Lipinski definition) is 1. The number of ether oxygens (including phenoxy) is 1. The van der Waals surface area contributed by atoms with E-state index in [1.54, 1.807) is 0 Å². The second kappa shape index (κ2) is 8.32. The molecule has 1 atom stereocenters. The summed E-state index contributed by atoms with van der Waals surface area (Å²) in [6, 6.07) is 7.87. The summed E-state index contributed by atoms with van der Waals surface area (Å²) in [7, 11) is -1.22. The Morgan fingerprint density at radius 1 is 1.32 bits per heavy atom. The van der Waals surface area contributed by atoms with Crippen molar-refractivity contribution >= 4 is 16.7 Å². The maximum absolute atomic E-state index is 12.2. The SMILES string of the molecule is CC(C)Oc1ccccc1C[S@](=O)CC(=O)NC1CCCC1. The molecule has 1 N–H and O–H groups in total. The number of carbonyl (C=O) groups is 1. The number of hydrogen-bond acceptors (Lipinski definition) is 3. The van der Waals surface area contributed by atoms with Gasteiger partial charge in [-0.3, -0.25) is 9.00 Å². The normalized spacial score (nSPS) is 16.7. The molecule has 1 aromatic rings. The van der Waals surface area contributed by atoms with Crippen molar-refractivity contribution in [1.29, 1.82) is 0 Å². The van der Waals surface area contributed by atoms with Gasteiger partial charge in [-0.15, -0.1) is 0 Å². The third-order valence-electron chi connectivity index (χ3n) is 3.66. The Hall–Kier alpha value is -1.36. The summed E-state index contributed by atoms with van der Waals surface area (Å²) >= 11 is 0. The van der Waals surface area contributed by atoms with E-state index in [9.17, 15) is 9.00 Å². The fraction of sp³-hybridized carbons (Fsp3) is 0.588. The minimum absolute atomic E-state index is 0.0620. The monoisotopic (exact) mass is 323 g/mol. The Balaban J connectivity index is 1.87. The highest BCUT2D eigenvalue weighted by atomic mass is 32.2. The molecule has 0 unspecified atom stereocenters. The Kier molecular flexibility index (Phi) is 6.43. The number of benzene rings is 1. The lowest BCUT2D eigenvalue weighted by Crippen LogP contribution is -2.35. The van der Waals surface area contributed by atoms with Crippen LogP contribution in [0.3, 0.4) is 0 Å². The van der Waals surface area contributed by atoms with Crippen molar-refractivity contribution in [1.82, 2.24) is 5.32 Å². The van der Waals surface area contributed by atoms with Gasteiger partial charge in [-0.1, -0.05) is 31.0 Å². The Labute approximate surface area is 135 Å². The van der Waals surface area contributed by atoms with Gasteiger partial charge in [0.1, 0.15) is 11.5 Å². The molecule has 5 heteroatoms. The van der Waals surface area contributed by atoms with Crippen LogP contribution < -0.4 is 10.1 Å². The van der Waals surface area contributed by atoms with Crippen molar-refractivity contribution in [3.8, 4) is 5.75 Å². The van der Waals surface area contributed by atoms with Crippen LogP contribution in [0.5, 0.6) is 5.75 Å². The molecule has 2 rings (SSSR count). The molecule has 0 aliphatic heterocycles. The Morgan fingerprint density at radius 3 is 2.68 bits per heavy atom. The summed E-state index contributed by atoms with van der Waals surface area (Å²) in [6.07, 6.45) is 4.51. The number of para-hydroxylation sites is 1. The molecule has 0 heterocycles. The van der Waals surface area contributed by atoms with Crippen LogP contribution in [0.4, 0.5) is 0 Å². The molecule has 4 nitrogen and oxygen atoms in total. The van der Waals surface area contributed by atoms with Gasteiger partial charge < -0.3 is 10.1 Å². The standard InChI is InChI=1S/C17H25NO3S/c1-13(2)21-16-10-6-3-7-14(16)11-22(20)12-17(19)18-15-8-4-5-9-15/h3,6-7,10,13,15H,4-5,8-9,11-12H2,1-2H3,(H,18,19)/t22-/m0/s1. The predicted octanol–water partition coefficient (Wildman–Crippen LogP) is 2.78. The van der Waals surface area contributed by atoms with Gasteiger partial charge in [0.2, 0.25) is 5.91 Å². The summed E-state index contributed by atoms with van der Waals surface area (Å²) in [4.78, 5) is 11.9. The number of rotatable bonds is 7. The quantitative estimate of drug-likeness (QED) is 0.839. The Bertz CT molecular complexity index is 524.